The van der Waals surface area contributed by atoms with Crippen LogP contribution >= 0.6 is 0 Å². The fraction of sp³-hybridized carbons (Fsp3) is 0.627. The zero-order valence-electron chi connectivity index (χ0n) is 37.2. The third-order valence-electron chi connectivity index (χ3n) is 9.68. The quantitative estimate of drug-likeness (QED) is 0.0274. The first kappa shape index (κ1) is 54.9. The van der Waals surface area contributed by atoms with Crippen LogP contribution in [0.5, 0.6) is 0 Å². The second-order valence-corrected chi connectivity index (χ2v) is 15.1. The van der Waals surface area contributed by atoms with Crippen LogP contribution in [0.2, 0.25) is 0 Å². The molecule has 0 radical (unpaired) electrons. The maximum atomic E-state index is 12.8. The van der Waals surface area contributed by atoms with Crippen molar-refractivity contribution >= 4 is 5.97 Å². The second kappa shape index (κ2) is 41.2. The number of rotatable bonds is 37. The van der Waals surface area contributed by atoms with Crippen LogP contribution in [0.1, 0.15) is 142 Å². The van der Waals surface area contributed by atoms with Crippen molar-refractivity contribution in [2.75, 3.05) is 26.4 Å². The van der Waals surface area contributed by atoms with Gasteiger partial charge in [-0.1, -0.05) is 149 Å². The number of carbonyl (C=O) groups excluding carboxylic acids is 1. The number of allylic oxidation sites excluding steroid dienone is 18. The van der Waals surface area contributed by atoms with Gasteiger partial charge in [-0.3, -0.25) is 4.79 Å². The van der Waals surface area contributed by atoms with Gasteiger partial charge in [-0.15, -0.1) is 0 Å². The summed E-state index contributed by atoms with van der Waals surface area (Å²) in [4.78, 5) is 12.8. The molecule has 60 heavy (non-hydrogen) atoms. The van der Waals surface area contributed by atoms with E-state index in [1.54, 1.807) is 0 Å². The Bertz CT molecular complexity index is 1270. The lowest BCUT2D eigenvalue weighted by Crippen LogP contribution is -2.59. The number of hydrogen-bond acceptors (Lipinski definition) is 9. The SMILES string of the molecule is CC/C=C\C/C=C\C/C=C\C/C=C\C/C=C\C/C=C\CCCCCOCC(COC1OC(CO)C(O)C(O)C1O)OC(=O)CCCCCCC/C=C\C/C=C\C/C=C\CC. The Hall–Kier alpha value is -3.15. The normalized spacial score (nSPS) is 21.1. The van der Waals surface area contributed by atoms with E-state index in [0.717, 1.165) is 122 Å². The van der Waals surface area contributed by atoms with E-state index in [9.17, 15) is 25.2 Å². The lowest BCUT2D eigenvalue weighted by atomic mass is 9.99. The van der Waals surface area contributed by atoms with Gasteiger partial charge in [0.1, 0.15) is 30.5 Å². The standard InChI is InChI=1S/C51H82O9/c1-3-5-7-9-11-13-15-17-19-20-21-22-23-24-25-27-29-31-33-35-37-39-41-57-43-45(44-58-51-50(56)49(55)48(54)46(42-52)60-51)59-47(53)40-38-36-34-32-30-28-26-18-16-14-12-10-8-6-4-2/h5-8,11-14,17-19,21-22,24-26,29,31,45-46,48-52,54-56H,3-4,9-10,15-16,20,23,27-28,30,32-44H2,1-2H3/b7-5-,8-6-,13-11-,14-12-,19-17-,22-21-,25-24-,26-18-,31-29-. The van der Waals surface area contributed by atoms with Crippen molar-refractivity contribution in [1.82, 2.24) is 0 Å². The molecule has 1 saturated heterocycles. The van der Waals surface area contributed by atoms with Crippen molar-refractivity contribution in [2.45, 2.75) is 179 Å². The predicted molar refractivity (Wildman–Crippen MR) is 246 cm³/mol. The van der Waals surface area contributed by atoms with Crippen molar-refractivity contribution in [3.05, 3.63) is 109 Å². The lowest BCUT2D eigenvalue weighted by molar-refractivity contribution is -0.305. The molecular weight excluding hydrogens is 757 g/mol. The Kier molecular flexibility index (Phi) is 37.7. The molecule has 9 nitrogen and oxygen atoms in total. The third-order valence-corrected chi connectivity index (χ3v) is 9.68. The molecule has 0 spiro atoms. The van der Waals surface area contributed by atoms with Crippen LogP contribution in [0.4, 0.5) is 0 Å². The Labute approximate surface area is 364 Å². The highest BCUT2D eigenvalue weighted by Crippen LogP contribution is 2.22. The Balaban J connectivity index is 2.31. The molecular formula is C51H82O9. The zero-order chi connectivity index (χ0) is 43.6. The van der Waals surface area contributed by atoms with Crippen molar-refractivity contribution in [2.24, 2.45) is 0 Å². The molecule has 0 aromatic carbocycles. The van der Waals surface area contributed by atoms with Gasteiger partial charge in [0.05, 0.1) is 19.8 Å². The number of hydrogen-bond donors (Lipinski definition) is 4. The van der Waals surface area contributed by atoms with Gasteiger partial charge in [-0.05, 0) is 96.3 Å². The summed E-state index contributed by atoms with van der Waals surface area (Å²) in [6.45, 7) is 4.20. The fourth-order valence-electron chi connectivity index (χ4n) is 6.15. The molecule has 6 atom stereocenters. The molecule has 1 aliphatic heterocycles. The van der Waals surface area contributed by atoms with Crippen LogP contribution in [-0.2, 0) is 23.7 Å². The molecule has 9 heteroatoms. The highest BCUT2D eigenvalue weighted by molar-refractivity contribution is 5.69. The fourth-order valence-corrected chi connectivity index (χ4v) is 6.15. The monoisotopic (exact) mass is 839 g/mol. The van der Waals surface area contributed by atoms with Crippen LogP contribution < -0.4 is 0 Å². The lowest BCUT2D eigenvalue weighted by Gasteiger charge is -2.39. The minimum absolute atomic E-state index is 0.107. The van der Waals surface area contributed by atoms with Crippen LogP contribution in [-0.4, -0.2) is 89.6 Å². The van der Waals surface area contributed by atoms with E-state index in [-0.39, 0.29) is 25.6 Å². The molecule has 0 aromatic heterocycles. The molecule has 340 valence electrons. The zero-order valence-corrected chi connectivity index (χ0v) is 37.2. The number of ether oxygens (including phenoxy) is 4. The highest BCUT2D eigenvalue weighted by Gasteiger charge is 2.44. The minimum Gasteiger partial charge on any atom is -0.457 e. The summed E-state index contributed by atoms with van der Waals surface area (Å²) in [6.07, 6.45) is 51.1. The summed E-state index contributed by atoms with van der Waals surface area (Å²) in [5, 5.41) is 40.1. The molecule has 4 N–H and O–H groups in total. The average molecular weight is 839 g/mol. The first-order valence-corrected chi connectivity index (χ1v) is 23.0. The minimum atomic E-state index is -1.55. The topological polar surface area (TPSA) is 135 Å². The first-order chi connectivity index (χ1) is 29.4. The molecule has 1 fully saturated rings. The van der Waals surface area contributed by atoms with Gasteiger partial charge in [0.15, 0.2) is 6.29 Å². The van der Waals surface area contributed by atoms with E-state index in [1.165, 1.54) is 0 Å². The number of esters is 1. The number of carbonyl (C=O) groups is 1. The summed E-state index contributed by atoms with van der Waals surface area (Å²) in [5.41, 5.74) is 0. The van der Waals surface area contributed by atoms with Gasteiger partial charge in [-0.25, -0.2) is 0 Å². The van der Waals surface area contributed by atoms with Gasteiger partial charge in [0, 0.05) is 13.0 Å². The molecule has 0 aliphatic carbocycles. The van der Waals surface area contributed by atoms with Gasteiger partial charge in [0.25, 0.3) is 0 Å². The van der Waals surface area contributed by atoms with E-state index in [4.69, 9.17) is 18.9 Å². The number of aliphatic hydroxyl groups is 4. The molecule has 1 aliphatic rings. The largest absolute Gasteiger partial charge is 0.457 e. The Morgan fingerprint density at radius 3 is 1.45 bits per heavy atom. The Morgan fingerprint density at radius 1 is 0.533 bits per heavy atom. The molecule has 0 aromatic rings. The summed E-state index contributed by atoms with van der Waals surface area (Å²) in [5.74, 6) is -0.349. The smallest absolute Gasteiger partial charge is 0.306 e. The second-order valence-electron chi connectivity index (χ2n) is 15.1. The van der Waals surface area contributed by atoms with Crippen LogP contribution in [0.3, 0.4) is 0 Å². The van der Waals surface area contributed by atoms with Gasteiger partial charge in [0.2, 0.25) is 0 Å². The Morgan fingerprint density at radius 2 is 0.967 bits per heavy atom. The van der Waals surface area contributed by atoms with Crippen LogP contribution in [0.25, 0.3) is 0 Å². The summed E-state index contributed by atoms with van der Waals surface area (Å²) >= 11 is 0. The summed E-state index contributed by atoms with van der Waals surface area (Å²) in [7, 11) is 0. The number of aliphatic hydroxyl groups excluding tert-OH is 4. The molecule has 1 heterocycles. The molecule has 0 amide bonds. The van der Waals surface area contributed by atoms with Gasteiger partial charge < -0.3 is 39.4 Å². The van der Waals surface area contributed by atoms with E-state index < -0.39 is 43.4 Å². The summed E-state index contributed by atoms with van der Waals surface area (Å²) in [6, 6.07) is 0. The van der Waals surface area contributed by atoms with Crippen molar-refractivity contribution in [1.29, 1.82) is 0 Å². The van der Waals surface area contributed by atoms with Crippen LogP contribution in [0.15, 0.2) is 109 Å². The highest BCUT2D eigenvalue weighted by atomic mass is 16.7. The van der Waals surface area contributed by atoms with Crippen molar-refractivity contribution in [3.8, 4) is 0 Å². The average Bonchev–Trinajstić information content (AvgIpc) is 3.25. The molecule has 6 unspecified atom stereocenters. The van der Waals surface area contributed by atoms with Crippen molar-refractivity contribution < 1.29 is 44.2 Å². The van der Waals surface area contributed by atoms with E-state index in [2.05, 4.69) is 123 Å². The maximum Gasteiger partial charge on any atom is 0.306 e. The van der Waals surface area contributed by atoms with E-state index in [1.807, 2.05) is 0 Å². The molecule has 0 bridgehead atoms. The van der Waals surface area contributed by atoms with Crippen LogP contribution in [0, 0.1) is 0 Å². The van der Waals surface area contributed by atoms with Gasteiger partial charge in [-0.2, -0.15) is 0 Å². The number of unbranched alkanes of at least 4 members (excludes halogenated alkanes) is 8. The first-order valence-electron chi connectivity index (χ1n) is 23.0. The molecule has 0 saturated carbocycles. The van der Waals surface area contributed by atoms with Gasteiger partial charge >= 0.3 is 5.97 Å². The summed E-state index contributed by atoms with van der Waals surface area (Å²) < 4.78 is 22.8. The van der Waals surface area contributed by atoms with E-state index >= 15 is 0 Å². The predicted octanol–water partition coefficient (Wildman–Crippen LogP) is 10.6. The third kappa shape index (κ3) is 31.7. The molecule has 1 rings (SSSR count). The maximum absolute atomic E-state index is 12.8. The van der Waals surface area contributed by atoms with E-state index in [0.29, 0.717) is 6.61 Å². The van der Waals surface area contributed by atoms with Crippen molar-refractivity contribution in [3.63, 3.8) is 0 Å².